The van der Waals surface area contributed by atoms with Crippen LogP contribution in [0, 0.1) is 0 Å². The van der Waals surface area contributed by atoms with Crippen LogP contribution in [0.3, 0.4) is 0 Å². The van der Waals surface area contributed by atoms with E-state index in [9.17, 15) is 14.4 Å². The largest absolute Gasteiger partial charge is 0.463 e. The number of esters is 1. The van der Waals surface area contributed by atoms with Crippen molar-refractivity contribution >= 4 is 18.0 Å². The van der Waals surface area contributed by atoms with E-state index in [2.05, 4.69) is 29.4 Å². The van der Waals surface area contributed by atoms with E-state index >= 15 is 0 Å². The minimum atomic E-state index is -0.592. The first kappa shape index (κ1) is 28.5. The summed E-state index contributed by atoms with van der Waals surface area (Å²) in [5, 5.41) is 6.01. The summed E-state index contributed by atoms with van der Waals surface area (Å²) >= 11 is 0. The fourth-order valence-electron chi connectivity index (χ4n) is 4.86. The molecule has 4 amide bonds. The lowest BCUT2D eigenvalue weighted by molar-refractivity contribution is -0.139. The molecule has 37 heavy (non-hydrogen) atoms. The average Bonchev–Trinajstić information content (AvgIpc) is 3.09. The lowest BCUT2D eigenvalue weighted by Crippen LogP contribution is -2.51. The van der Waals surface area contributed by atoms with E-state index < -0.39 is 12.0 Å². The number of carbonyl (C=O) groups is 3. The van der Waals surface area contributed by atoms with Crippen molar-refractivity contribution in [3.8, 4) is 0 Å². The van der Waals surface area contributed by atoms with Gasteiger partial charge < -0.3 is 20.3 Å². The van der Waals surface area contributed by atoms with Gasteiger partial charge in [-0.3, -0.25) is 9.80 Å². The fourth-order valence-corrected chi connectivity index (χ4v) is 4.86. The van der Waals surface area contributed by atoms with Crippen LogP contribution in [0.2, 0.25) is 0 Å². The standard InChI is InChI=1S/C28H43N5O4/c1-7-33-23(18-31-14-9-15-32(17-16-31)27(35)29-20(5)6)24(26(34)37-8-2)25(30-28(33)36)22-12-10-21(11-13-22)19(3)4/h10-13,19-20,25H,7-9,14-18H2,1-6H3,(H,29,35)(H,30,36). The van der Waals surface area contributed by atoms with Crippen LogP contribution in [0.1, 0.15) is 71.0 Å². The predicted molar refractivity (Wildman–Crippen MR) is 144 cm³/mol. The molecule has 3 rings (SSSR count). The van der Waals surface area contributed by atoms with Gasteiger partial charge in [-0.2, -0.15) is 0 Å². The molecule has 0 saturated carbocycles. The number of hydrogen-bond acceptors (Lipinski definition) is 5. The van der Waals surface area contributed by atoms with Gasteiger partial charge in [-0.15, -0.1) is 0 Å². The smallest absolute Gasteiger partial charge is 0.338 e. The molecule has 1 aromatic rings. The molecule has 204 valence electrons. The molecule has 2 heterocycles. The van der Waals surface area contributed by atoms with E-state index in [0.717, 1.165) is 18.5 Å². The monoisotopic (exact) mass is 513 g/mol. The third-order valence-corrected chi connectivity index (χ3v) is 6.85. The number of urea groups is 2. The van der Waals surface area contributed by atoms with Gasteiger partial charge in [-0.1, -0.05) is 38.1 Å². The maximum atomic E-state index is 13.4. The number of nitrogens with zero attached hydrogens (tertiary/aromatic N) is 3. The first-order valence-electron chi connectivity index (χ1n) is 13.5. The highest BCUT2D eigenvalue weighted by Gasteiger charge is 2.38. The number of amides is 4. The summed E-state index contributed by atoms with van der Waals surface area (Å²) in [5.41, 5.74) is 3.18. The van der Waals surface area contributed by atoms with E-state index in [-0.39, 0.29) is 24.7 Å². The quantitative estimate of drug-likeness (QED) is 0.515. The third kappa shape index (κ3) is 7.03. The summed E-state index contributed by atoms with van der Waals surface area (Å²) in [4.78, 5) is 44.8. The Morgan fingerprint density at radius 1 is 1.05 bits per heavy atom. The second-order valence-electron chi connectivity index (χ2n) is 10.2. The molecule has 0 aromatic heterocycles. The van der Waals surface area contributed by atoms with Gasteiger partial charge in [0.2, 0.25) is 0 Å². The predicted octanol–water partition coefficient (Wildman–Crippen LogP) is 3.84. The number of benzene rings is 1. The van der Waals surface area contributed by atoms with Crippen molar-refractivity contribution in [2.24, 2.45) is 0 Å². The molecule has 1 aromatic carbocycles. The molecule has 2 aliphatic heterocycles. The number of likely N-dealkylation sites (N-methyl/N-ethyl adjacent to an activating group) is 1. The fraction of sp³-hybridized carbons (Fsp3) is 0.607. The minimum Gasteiger partial charge on any atom is -0.463 e. The van der Waals surface area contributed by atoms with Crippen LogP contribution in [0.25, 0.3) is 0 Å². The molecule has 1 saturated heterocycles. The van der Waals surface area contributed by atoms with Crippen molar-refractivity contribution in [1.82, 2.24) is 25.3 Å². The molecule has 2 N–H and O–H groups in total. The third-order valence-electron chi connectivity index (χ3n) is 6.85. The van der Waals surface area contributed by atoms with Crippen molar-refractivity contribution in [1.29, 1.82) is 0 Å². The number of nitrogens with one attached hydrogen (secondary N) is 2. The summed E-state index contributed by atoms with van der Waals surface area (Å²) in [6.45, 7) is 15.6. The van der Waals surface area contributed by atoms with Crippen LogP contribution in [-0.4, -0.2) is 84.6 Å². The summed E-state index contributed by atoms with van der Waals surface area (Å²) < 4.78 is 5.50. The molecule has 0 bridgehead atoms. The molecule has 0 spiro atoms. The van der Waals surface area contributed by atoms with Crippen molar-refractivity contribution in [3.63, 3.8) is 0 Å². The lowest BCUT2D eigenvalue weighted by atomic mass is 9.92. The average molecular weight is 514 g/mol. The lowest BCUT2D eigenvalue weighted by Gasteiger charge is -2.38. The van der Waals surface area contributed by atoms with Crippen LogP contribution in [0.4, 0.5) is 9.59 Å². The van der Waals surface area contributed by atoms with Gasteiger partial charge in [0, 0.05) is 51.0 Å². The van der Waals surface area contributed by atoms with Gasteiger partial charge in [0.1, 0.15) is 0 Å². The second kappa shape index (κ2) is 12.9. The molecular formula is C28H43N5O4. The summed E-state index contributed by atoms with van der Waals surface area (Å²) in [5.74, 6) is -0.0342. The molecule has 0 aliphatic carbocycles. The van der Waals surface area contributed by atoms with Crippen molar-refractivity contribution in [2.45, 2.75) is 66.0 Å². The normalized spacial score (nSPS) is 19.2. The summed E-state index contributed by atoms with van der Waals surface area (Å²) in [6.07, 6.45) is 0.811. The Hall–Kier alpha value is -3.07. The number of carbonyl (C=O) groups excluding carboxylic acids is 3. The maximum Gasteiger partial charge on any atom is 0.338 e. The van der Waals surface area contributed by atoms with Crippen molar-refractivity contribution in [3.05, 3.63) is 46.7 Å². The Morgan fingerprint density at radius 2 is 1.76 bits per heavy atom. The topological polar surface area (TPSA) is 94.2 Å². The first-order valence-corrected chi connectivity index (χ1v) is 13.5. The Labute approximate surface area is 221 Å². The Bertz CT molecular complexity index is 989. The number of hydrogen-bond donors (Lipinski definition) is 2. The molecule has 9 nitrogen and oxygen atoms in total. The van der Waals surface area contributed by atoms with Gasteiger partial charge >= 0.3 is 18.0 Å². The zero-order valence-electron chi connectivity index (χ0n) is 23.2. The van der Waals surface area contributed by atoms with E-state index in [1.807, 2.05) is 49.9 Å². The maximum absolute atomic E-state index is 13.4. The zero-order chi connectivity index (χ0) is 27.1. The van der Waals surface area contributed by atoms with Gasteiger partial charge in [0.25, 0.3) is 0 Å². The highest BCUT2D eigenvalue weighted by Crippen LogP contribution is 2.33. The van der Waals surface area contributed by atoms with Gasteiger partial charge in [-0.05, 0) is 51.2 Å². The Balaban J connectivity index is 1.94. The summed E-state index contributed by atoms with van der Waals surface area (Å²) in [6, 6.07) is 7.27. The Kier molecular flexibility index (Phi) is 9.97. The molecule has 2 aliphatic rings. The highest BCUT2D eigenvalue weighted by molar-refractivity contribution is 5.95. The van der Waals surface area contributed by atoms with Crippen LogP contribution in [-0.2, 0) is 9.53 Å². The van der Waals surface area contributed by atoms with E-state index in [4.69, 9.17) is 4.74 Å². The summed E-state index contributed by atoms with van der Waals surface area (Å²) in [7, 11) is 0. The number of ether oxygens (including phenoxy) is 1. The van der Waals surface area contributed by atoms with Gasteiger partial charge in [0.05, 0.1) is 18.2 Å². The van der Waals surface area contributed by atoms with E-state index in [1.165, 1.54) is 5.56 Å². The van der Waals surface area contributed by atoms with Crippen LogP contribution >= 0.6 is 0 Å². The molecule has 1 fully saturated rings. The van der Waals surface area contributed by atoms with E-state index in [1.54, 1.807) is 11.8 Å². The Morgan fingerprint density at radius 3 is 2.35 bits per heavy atom. The molecular weight excluding hydrogens is 470 g/mol. The number of rotatable bonds is 8. The van der Waals surface area contributed by atoms with Crippen LogP contribution < -0.4 is 10.6 Å². The van der Waals surface area contributed by atoms with Gasteiger partial charge in [0.15, 0.2) is 0 Å². The van der Waals surface area contributed by atoms with Crippen molar-refractivity contribution < 1.29 is 19.1 Å². The van der Waals surface area contributed by atoms with E-state index in [0.29, 0.717) is 49.9 Å². The van der Waals surface area contributed by atoms with Crippen LogP contribution in [0.5, 0.6) is 0 Å². The first-order chi connectivity index (χ1) is 17.7. The minimum absolute atomic E-state index is 0.0552. The molecule has 1 atom stereocenters. The molecule has 9 heteroatoms. The molecule has 0 radical (unpaired) electrons. The zero-order valence-corrected chi connectivity index (χ0v) is 23.2. The SMILES string of the molecule is CCOC(=O)C1=C(CN2CCCN(C(=O)NC(C)C)CC2)N(CC)C(=O)NC1c1ccc(C(C)C)cc1. The van der Waals surface area contributed by atoms with Crippen molar-refractivity contribution in [2.75, 3.05) is 45.9 Å². The van der Waals surface area contributed by atoms with Crippen LogP contribution in [0.15, 0.2) is 35.5 Å². The highest BCUT2D eigenvalue weighted by atomic mass is 16.5. The van der Waals surface area contributed by atoms with Gasteiger partial charge in [-0.25, -0.2) is 14.4 Å². The second-order valence-corrected chi connectivity index (χ2v) is 10.2. The molecule has 1 unspecified atom stereocenters.